The molecule has 110 valence electrons. The second-order valence-electron chi connectivity index (χ2n) is 5.22. The van der Waals surface area contributed by atoms with Crippen molar-refractivity contribution in [3.63, 3.8) is 0 Å². The minimum atomic E-state index is -0.988. The first-order valence-electron chi connectivity index (χ1n) is 6.97. The summed E-state index contributed by atoms with van der Waals surface area (Å²) in [4.78, 5) is 19.9. The Hall–Kier alpha value is -1.82. The number of hydrogen-bond donors (Lipinski definition) is 2. The highest BCUT2D eigenvalue weighted by Crippen LogP contribution is 2.25. The van der Waals surface area contributed by atoms with Gasteiger partial charge in [0.05, 0.1) is 11.9 Å². The zero-order chi connectivity index (χ0) is 14.7. The first-order chi connectivity index (χ1) is 9.52. The van der Waals surface area contributed by atoms with E-state index >= 15 is 0 Å². The van der Waals surface area contributed by atoms with E-state index in [0.29, 0.717) is 17.5 Å². The van der Waals surface area contributed by atoms with Crippen LogP contribution in [0.4, 0.5) is 11.5 Å². The molecule has 1 fully saturated rings. The molecule has 1 aliphatic rings. The van der Waals surface area contributed by atoms with Crippen molar-refractivity contribution in [3.05, 3.63) is 17.8 Å². The lowest BCUT2D eigenvalue weighted by Crippen LogP contribution is -2.44. The van der Waals surface area contributed by atoms with Gasteiger partial charge in [-0.05, 0) is 25.5 Å². The molecule has 0 spiro atoms. The Morgan fingerprint density at radius 2 is 2.20 bits per heavy atom. The van der Waals surface area contributed by atoms with Gasteiger partial charge in [0, 0.05) is 26.2 Å². The standard InChI is InChI=1S/C14H22N4O2/c1-3-18-6-4-11(5-7-18)17(2)13-12(14(19)20)8-10(15)9-16-13/h8-9,11H,3-7,15H2,1-2H3,(H,19,20). The molecular weight excluding hydrogens is 256 g/mol. The van der Waals surface area contributed by atoms with Gasteiger partial charge in [0.2, 0.25) is 0 Å². The maximum absolute atomic E-state index is 11.3. The summed E-state index contributed by atoms with van der Waals surface area (Å²) in [5.41, 5.74) is 6.18. The quantitative estimate of drug-likeness (QED) is 0.863. The van der Waals surface area contributed by atoms with Crippen LogP contribution in [0.25, 0.3) is 0 Å². The predicted molar refractivity (Wildman–Crippen MR) is 79.1 cm³/mol. The minimum Gasteiger partial charge on any atom is -0.478 e. The number of rotatable bonds is 4. The lowest BCUT2D eigenvalue weighted by Gasteiger charge is -2.37. The number of nitrogens with two attached hydrogens (primary N) is 1. The lowest BCUT2D eigenvalue weighted by atomic mass is 10.0. The summed E-state index contributed by atoms with van der Waals surface area (Å²) in [5.74, 6) is -0.487. The summed E-state index contributed by atoms with van der Waals surface area (Å²) in [7, 11) is 1.91. The van der Waals surface area contributed by atoms with Crippen LogP contribution in [0.3, 0.4) is 0 Å². The number of piperidine rings is 1. The molecule has 0 atom stereocenters. The summed E-state index contributed by atoms with van der Waals surface area (Å²) in [5, 5.41) is 9.29. The summed E-state index contributed by atoms with van der Waals surface area (Å²) < 4.78 is 0. The number of hydrogen-bond acceptors (Lipinski definition) is 5. The van der Waals surface area contributed by atoms with Gasteiger partial charge in [-0.15, -0.1) is 0 Å². The van der Waals surface area contributed by atoms with Gasteiger partial charge in [-0.25, -0.2) is 9.78 Å². The molecule has 0 saturated carbocycles. The largest absolute Gasteiger partial charge is 0.478 e. The molecule has 20 heavy (non-hydrogen) atoms. The Kier molecular flexibility index (Phi) is 4.44. The highest BCUT2D eigenvalue weighted by molar-refractivity contribution is 5.94. The highest BCUT2D eigenvalue weighted by atomic mass is 16.4. The van der Waals surface area contributed by atoms with E-state index in [1.807, 2.05) is 11.9 Å². The first kappa shape index (κ1) is 14.6. The molecular formula is C14H22N4O2. The van der Waals surface area contributed by atoms with Crippen molar-refractivity contribution < 1.29 is 9.90 Å². The fourth-order valence-electron chi connectivity index (χ4n) is 2.71. The van der Waals surface area contributed by atoms with E-state index in [4.69, 9.17) is 5.73 Å². The first-order valence-corrected chi connectivity index (χ1v) is 6.97. The van der Waals surface area contributed by atoms with Gasteiger partial charge in [0.25, 0.3) is 0 Å². The number of pyridine rings is 1. The molecule has 0 aromatic carbocycles. The van der Waals surface area contributed by atoms with Crippen molar-refractivity contribution in [2.45, 2.75) is 25.8 Å². The third kappa shape index (κ3) is 3.01. The number of likely N-dealkylation sites (tertiary alicyclic amines) is 1. The Balaban J connectivity index is 2.17. The van der Waals surface area contributed by atoms with Gasteiger partial charge in [-0.3, -0.25) is 0 Å². The van der Waals surface area contributed by atoms with E-state index in [-0.39, 0.29) is 5.56 Å². The average Bonchev–Trinajstić information content (AvgIpc) is 2.46. The third-order valence-corrected chi connectivity index (χ3v) is 4.00. The van der Waals surface area contributed by atoms with E-state index in [0.717, 1.165) is 32.5 Å². The molecule has 0 amide bonds. The van der Waals surface area contributed by atoms with Crippen LogP contribution >= 0.6 is 0 Å². The van der Waals surface area contributed by atoms with Crippen LogP contribution in [0, 0.1) is 0 Å². The summed E-state index contributed by atoms with van der Waals surface area (Å²) >= 11 is 0. The molecule has 1 saturated heterocycles. The minimum absolute atomic E-state index is 0.172. The van der Waals surface area contributed by atoms with Gasteiger partial charge in [0.15, 0.2) is 0 Å². The summed E-state index contributed by atoms with van der Waals surface area (Å²) in [6.07, 6.45) is 3.56. The van der Waals surface area contributed by atoms with Gasteiger partial charge in [-0.2, -0.15) is 0 Å². The van der Waals surface area contributed by atoms with Gasteiger partial charge in [-0.1, -0.05) is 6.92 Å². The number of nitrogens with zero attached hydrogens (tertiary/aromatic N) is 3. The van der Waals surface area contributed by atoms with Crippen molar-refractivity contribution in [1.82, 2.24) is 9.88 Å². The van der Waals surface area contributed by atoms with Crippen molar-refractivity contribution in [1.29, 1.82) is 0 Å². The van der Waals surface area contributed by atoms with Crippen LogP contribution in [0.5, 0.6) is 0 Å². The molecule has 1 aliphatic heterocycles. The van der Waals surface area contributed by atoms with E-state index in [2.05, 4.69) is 16.8 Å². The molecule has 0 radical (unpaired) electrons. The Morgan fingerprint density at radius 3 is 2.75 bits per heavy atom. The van der Waals surface area contributed by atoms with E-state index in [1.165, 1.54) is 12.3 Å². The van der Waals surface area contributed by atoms with Gasteiger partial charge >= 0.3 is 5.97 Å². The smallest absolute Gasteiger partial charge is 0.339 e. The number of nitrogen functional groups attached to an aromatic ring is 1. The monoisotopic (exact) mass is 278 g/mol. The Labute approximate surface area is 119 Å². The van der Waals surface area contributed by atoms with Crippen molar-refractivity contribution in [2.75, 3.05) is 37.3 Å². The Morgan fingerprint density at radius 1 is 1.55 bits per heavy atom. The van der Waals surface area contributed by atoms with E-state index in [9.17, 15) is 9.90 Å². The SMILES string of the molecule is CCN1CCC(N(C)c2ncc(N)cc2C(=O)O)CC1. The zero-order valence-electron chi connectivity index (χ0n) is 12.0. The molecule has 2 heterocycles. The van der Waals surface area contributed by atoms with E-state index < -0.39 is 5.97 Å². The fourth-order valence-corrected chi connectivity index (χ4v) is 2.71. The molecule has 2 rings (SSSR count). The highest BCUT2D eigenvalue weighted by Gasteiger charge is 2.25. The molecule has 6 heteroatoms. The average molecular weight is 278 g/mol. The van der Waals surface area contributed by atoms with Crippen LogP contribution in [-0.4, -0.2) is 53.7 Å². The maximum atomic E-state index is 11.3. The predicted octanol–water partition coefficient (Wildman–Crippen LogP) is 1.28. The molecule has 3 N–H and O–H groups in total. The van der Waals surface area contributed by atoms with Crippen LogP contribution < -0.4 is 10.6 Å². The number of carboxylic acid groups (broad SMARTS) is 1. The van der Waals surface area contributed by atoms with Gasteiger partial charge in [0.1, 0.15) is 11.4 Å². The number of aromatic nitrogens is 1. The fraction of sp³-hybridized carbons (Fsp3) is 0.571. The maximum Gasteiger partial charge on any atom is 0.339 e. The second-order valence-corrected chi connectivity index (χ2v) is 5.22. The number of carbonyl (C=O) groups is 1. The van der Waals surface area contributed by atoms with Crippen molar-refractivity contribution in [3.8, 4) is 0 Å². The number of carboxylic acids is 1. The van der Waals surface area contributed by atoms with Gasteiger partial charge < -0.3 is 20.6 Å². The van der Waals surface area contributed by atoms with Crippen LogP contribution in [0.15, 0.2) is 12.3 Å². The number of anilines is 2. The van der Waals surface area contributed by atoms with E-state index in [1.54, 1.807) is 0 Å². The molecule has 0 aliphatic carbocycles. The van der Waals surface area contributed by atoms with Crippen LogP contribution in [0.2, 0.25) is 0 Å². The second kappa shape index (κ2) is 6.09. The summed E-state index contributed by atoms with van der Waals surface area (Å²) in [6.45, 7) is 5.32. The molecule has 6 nitrogen and oxygen atoms in total. The Bertz CT molecular complexity index is 484. The molecule has 0 unspecified atom stereocenters. The molecule has 0 bridgehead atoms. The summed E-state index contributed by atoms with van der Waals surface area (Å²) in [6, 6.07) is 1.80. The topological polar surface area (TPSA) is 82.7 Å². The number of aromatic carboxylic acids is 1. The lowest BCUT2D eigenvalue weighted by molar-refractivity contribution is 0.0697. The van der Waals surface area contributed by atoms with Crippen molar-refractivity contribution in [2.24, 2.45) is 0 Å². The third-order valence-electron chi connectivity index (χ3n) is 4.00. The van der Waals surface area contributed by atoms with Crippen molar-refractivity contribution >= 4 is 17.5 Å². The molecule has 1 aromatic rings. The normalized spacial score (nSPS) is 17.1. The van der Waals surface area contributed by atoms with Crippen LogP contribution in [-0.2, 0) is 0 Å². The van der Waals surface area contributed by atoms with Crippen LogP contribution in [0.1, 0.15) is 30.1 Å². The zero-order valence-corrected chi connectivity index (χ0v) is 12.0. The molecule has 1 aromatic heterocycles.